The molecule has 17 heteroatoms. The Balaban J connectivity index is 0.000000420. The van der Waals surface area contributed by atoms with E-state index in [2.05, 4.69) is 87.4 Å². The number of nitrogens with zero attached hydrogens (tertiary/aromatic N) is 6. The van der Waals surface area contributed by atoms with E-state index in [-0.39, 0.29) is 51.3 Å². The first-order valence-electron chi connectivity index (χ1n) is 25.6. The first-order chi connectivity index (χ1) is 31.9. The highest BCUT2D eigenvalue weighted by Crippen LogP contribution is 2.26. The van der Waals surface area contributed by atoms with Crippen molar-refractivity contribution in [3.63, 3.8) is 0 Å². The molecule has 6 aliphatic rings. The molecule has 6 saturated heterocycles. The summed E-state index contributed by atoms with van der Waals surface area (Å²) in [6.45, 7) is 56.6. The molecule has 6 fully saturated rings. The average molecular weight is 996 g/mol. The van der Waals surface area contributed by atoms with Crippen LogP contribution in [0.4, 0.5) is 0 Å². The van der Waals surface area contributed by atoms with Gasteiger partial charge in [-0.3, -0.25) is 48.5 Å². The third kappa shape index (κ3) is 32.2. The fourth-order valence-electron chi connectivity index (χ4n) is 6.74. The number of amides is 3. The molecule has 0 spiro atoms. The molecule has 0 aromatic rings. The van der Waals surface area contributed by atoms with Gasteiger partial charge in [-0.1, -0.05) is 19.7 Å². The maximum absolute atomic E-state index is 11.4. The second-order valence-corrected chi connectivity index (χ2v) is 24.0. The molecule has 0 radical (unpaired) electrons. The van der Waals surface area contributed by atoms with E-state index in [0.717, 1.165) is 121 Å². The number of hydroxylamine groups is 12. The van der Waals surface area contributed by atoms with Crippen molar-refractivity contribution in [3.05, 3.63) is 36.8 Å². The maximum Gasteiger partial charge on any atom is 0.250 e. The Morgan fingerprint density at radius 1 is 0.386 bits per heavy atom. The van der Waals surface area contributed by atoms with Crippen molar-refractivity contribution in [2.45, 2.75) is 222 Å². The van der Waals surface area contributed by atoms with Gasteiger partial charge in [-0.2, -0.15) is 20.3 Å². The van der Waals surface area contributed by atoms with Crippen LogP contribution in [-0.4, -0.2) is 147 Å². The highest BCUT2D eigenvalue weighted by molar-refractivity contribution is 5.80. The fraction of sp³-hybridized carbons (Fsp3) is 0.830. The summed E-state index contributed by atoms with van der Waals surface area (Å²) in [6.07, 6.45) is 8.49. The van der Waals surface area contributed by atoms with Crippen LogP contribution in [0.1, 0.15) is 189 Å². The van der Waals surface area contributed by atoms with E-state index >= 15 is 0 Å². The summed E-state index contributed by atoms with van der Waals surface area (Å²) < 4.78 is 5.19. The molecule has 70 heavy (non-hydrogen) atoms. The molecule has 6 heterocycles. The average Bonchev–Trinajstić information content (AvgIpc) is 3.74. The summed E-state index contributed by atoms with van der Waals surface area (Å²) in [7, 11) is 0. The number of piperidine rings is 2. The zero-order chi connectivity index (χ0) is 53.7. The van der Waals surface area contributed by atoms with Crippen LogP contribution in [0.15, 0.2) is 36.8 Å². The third-order valence-electron chi connectivity index (χ3n) is 9.32. The summed E-state index contributed by atoms with van der Waals surface area (Å²) in [4.78, 5) is 67.2. The van der Waals surface area contributed by atoms with E-state index in [0.29, 0.717) is 19.3 Å². The smallest absolute Gasteiger partial charge is 0.250 e. The van der Waals surface area contributed by atoms with Gasteiger partial charge in [0, 0.05) is 88.7 Å². The van der Waals surface area contributed by atoms with E-state index in [1.807, 2.05) is 77.5 Å². The number of hydrogen-bond donors (Lipinski definition) is 1. The number of nitrogens with one attached hydrogen (secondary N) is 1. The second-order valence-electron chi connectivity index (χ2n) is 24.0. The molecule has 0 bridgehead atoms. The number of allylic oxidation sites excluding steroid dienone is 3. The van der Waals surface area contributed by atoms with E-state index in [9.17, 15) is 14.4 Å². The lowest BCUT2D eigenvalue weighted by Crippen LogP contribution is -2.46. The first kappa shape index (κ1) is 65.0. The minimum absolute atomic E-state index is 0.00919. The van der Waals surface area contributed by atoms with Crippen molar-refractivity contribution in [1.82, 2.24) is 35.7 Å². The van der Waals surface area contributed by atoms with Gasteiger partial charge in [0.25, 0.3) is 11.8 Å². The number of carbonyl (C=O) groups excluding carboxylic acids is 3. The van der Waals surface area contributed by atoms with Crippen molar-refractivity contribution >= 4 is 17.7 Å². The minimum Gasteiger partial charge on any atom is -0.379 e. The van der Waals surface area contributed by atoms with E-state index in [4.69, 9.17) is 33.8 Å². The molecule has 3 amide bonds. The van der Waals surface area contributed by atoms with E-state index in [1.54, 1.807) is 0 Å². The Morgan fingerprint density at radius 3 is 1.16 bits per heavy atom. The molecule has 0 saturated carbocycles. The highest BCUT2D eigenvalue weighted by Gasteiger charge is 2.30. The lowest BCUT2D eigenvalue weighted by molar-refractivity contribution is -0.250. The van der Waals surface area contributed by atoms with Crippen LogP contribution < -0.4 is 5.32 Å². The Kier molecular flexibility index (Phi) is 27.6. The molecule has 6 rings (SSSR count). The molecule has 0 aromatic carbocycles. The van der Waals surface area contributed by atoms with Crippen molar-refractivity contribution < 1.29 is 48.1 Å². The Labute approximate surface area is 425 Å². The van der Waals surface area contributed by atoms with Gasteiger partial charge < -0.3 is 10.1 Å². The zero-order valence-electron chi connectivity index (χ0n) is 47.5. The minimum atomic E-state index is -0.337. The van der Waals surface area contributed by atoms with Crippen molar-refractivity contribution in [1.29, 1.82) is 0 Å². The SMILES string of the molecule is C=C1CCC(=O)N1OC(C)(C)C.C=C1CCCC(=O)N1OC(C)(C)C.C=C1CCCN1OC(C)(C)C.CC(C)(C)ON1CCCCC1=O.CC(C)(C)ON1CCNCC1.CC(C)(C)ON1CCOCC1. The number of carbonyl (C=O) groups is 3. The van der Waals surface area contributed by atoms with Gasteiger partial charge >= 0.3 is 0 Å². The quantitative estimate of drug-likeness (QED) is 0.269. The van der Waals surface area contributed by atoms with Gasteiger partial charge in [-0.05, 0) is 170 Å². The van der Waals surface area contributed by atoms with Crippen LogP contribution in [0.5, 0.6) is 0 Å². The lowest BCUT2D eigenvalue weighted by Gasteiger charge is -2.33. The van der Waals surface area contributed by atoms with Crippen LogP contribution in [0.2, 0.25) is 0 Å². The highest BCUT2D eigenvalue weighted by atomic mass is 16.7. The second kappa shape index (κ2) is 29.7. The molecule has 0 aromatic heterocycles. The number of ether oxygens (including phenoxy) is 1. The van der Waals surface area contributed by atoms with Crippen LogP contribution in [0.25, 0.3) is 0 Å². The molecule has 17 nitrogen and oxygen atoms in total. The Morgan fingerprint density at radius 2 is 0.771 bits per heavy atom. The monoisotopic (exact) mass is 996 g/mol. The van der Waals surface area contributed by atoms with Gasteiger partial charge in [0.2, 0.25) is 5.91 Å². The standard InChI is InChI=1S/C10H17NO2.C9H15NO2.C9H17NO2.C9H17NO.C8H18N2O.C8H17NO2/c1-8-6-5-7-9(12)11(8)13-10(2,3)4;1-7-5-6-8(11)10(7)12-9(2,3)4;1-9(2,3)12-10-7-5-4-6-8(10)11;1-8-6-5-7-10(8)11-9(2,3)4;1-8(2,3)11-10-6-4-9-5-7-10;1-8(2,3)11-9-4-6-10-7-5-9/h1,5-7H2,2-4H3;1,5-6H2,2-4H3;4-7H2,1-3H3;1,5-7H2,2-4H3;9H,4-7H2,1-3H3;4-7H2,1-3H3. The molecule has 408 valence electrons. The third-order valence-corrected chi connectivity index (χ3v) is 9.32. The van der Waals surface area contributed by atoms with E-state index in [1.165, 1.54) is 21.6 Å². The molecular weight excluding hydrogens is 895 g/mol. The summed E-state index contributed by atoms with van der Waals surface area (Å²) in [6, 6.07) is 0. The molecule has 0 atom stereocenters. The molecule has 0 aliphatic carbocycles. The normalized spacial score (nSPS) is 20.3. The Hall–Kier alpha value is -2.97. The first-order valence-corrected chi connectivity index (χ1v) is 25.6. The number of piperazine rings is 1. The molecular formula is C53H101N7O10. The Bertz CT molecular complexity index is 1540. The van der Waals surface area contributed by atoms with Crippen LogP contribution >= 0.6 is 0 Å². The largest absolute Gasteiger partial charge is 0.379 e. The van der Waals surface area contributed by atoms with Gasteiger partial charge in [0.1, 0.15) is 0 Å². The summed E-state index contributed by atoms with van der Waals surface area (Å²) >= 11 is 0. The fourth-order valence-corrected chi connectivity index (χ4v) is 6.74. The van der Waals surface area contributed by atoms with Crippen molar-refractivity contribution in [2.75, 3.05) is 65.6 Å². The van der Waals surface area contributed by atoms with Crippen LogP contribution in [0, 0.1) is 0 Å². The van der Waals surface area contributed by atoms with Gasteiger partial charge in [-0.15, -0.1) is 0 Å². The number of hydrogen-bond acceptors (Lipinski definition) is 14. The zero-order valence-corrected chi connectivity index (χ0v) is 47.5. The number of rotatable bonds is 6. The lowest BCUT2D eigenvalue weighted by atomic mass is 10.1. The summed E-state index contributed by atoms with van der Waals surface area (Å²) in [5.41, 5.74) is 1.51. The summed E-state index contributed by atoms with van der Waals surface area (Å²) in [5.74, 6) is 0.150. The van der Waals surface area contributed by atoms with Crippen molar-refractivity contribution in [3.8, 4) is 0 Å². The topological polar surface area (TPSA) is 147 Å². The molecule has 0 unspecified atom stereocenters. The molecule has 6 aliphatic heterocycles. The predicted molar refractivity (Wildman–Crippen MR) is 278 cm³/mol. The van der Waals surface area contributed by atoms with Crippen molar-refractivity contribution in [2.24, 2.45) is 0 Å². The summed E-state index contributed by atoms with van der Waals surface area (Å²) in [5, 5.41) is 13.4. The van der Waals surface area contributed by atoms with E-state index < -0.39 is 0 Å². The van der Waals surface area contributed by atoms with Gasteiger partial charge in [0.15, 0.2) is 0 Å². The number of morpholine rings is 1. The van der Waals surface area contributed by atoms with Gasteiger partial charge in [-0.25, -0.2) is 5.06 Å². The van der Waals surface area contributed by atoms with Crippen LogP contribution in [0.3, 0.4) is 0 Å². The maximum atomic E-state index is 11.4. The van der Waals surface area contributed by atoms with Gasteiger partial charge in [0.05, 0.1) is 46.8 Å². The molecule has 1 N–H and O–H groups in total. The predicted octanol–water partition coefficient (Wildman–Crippen LogP) is 9.82. The van der Waals surface area contributed by atoms with Crippen LogP contribution in [-0.2, 0) is 48.1 Å².